The summed E-state index contributed by atoms with van der Waals surface area (Å²) >= 11 is 0. The molecule has 0 fully saturated rings. The van der Waals surface area contributed by atoms with Crippen LogP contribution in [-0.2, 0) is 9.84 Å². The average molecular weight is 219 g/mol. The number of sulfone groups is 1. The molecule has 74 valence electrons. The fourth-order valence-electron chi connectivity index (χ4n) is 1.58. The summed E-state index contributed by atoms with van der Waals surface area (Å²) in [5, 5.41) is 0.699. The third-order valence-corrected chi connectivity index (χ3v) is 3.58. The van der Waals surface area contributed by atoms with Crippen molar-refractivity contribution in [3.63, 3.8) is 0 Å². The molecular formula is C9H5N3O2S. The first-order chi connectivity index (χ1) is 7.18. The van der Waals surface area contributed by atoms with Crippen molar-refractivity contribution < 1.29 is 8.42 Å². The number of rotatable bonds is 0. The molecule has 0 atom stereocenters. The highest BCUT2D eigenvalue weighted by atomic mass is 32.2. The molecule has 1 aromatic heterocycles. The van der Waals surface area contributed by atoms with E-state index in [1.54, 1.807) is 18.3 Å². The Morgan fingerprint density at radius 2 is 2.07 bits per heavy atom. The molecule has 0 amide bonds. The van der Waals surface area contributed by atoms with Crippen molar-refractivity contribution in [2.45, 2.75) is 4.90 Å². The normalized spacial score (nSPS) is 16.8. The summed E-state index contributed by atoms with van der Waals surface area (Å²) in [5.41, 5.74) is 1.83. The van der Waals surface area contributed by atoms with Gasteiger partial charge in [0, 0.05) is 11.6 Å². The molecular weight excluding hydrogens is 214 g/mol. The summed E-state index contributed by atoms with van der Waals surface area (Å²) in [5.74, 6) is 0. The Hall–Kier alpha value is -1.82. The second kappa shape index (κ2) is 2.60. The molecule has 0 saturated carbocycles. The number of hydrogen-bond acceptors (Lipinski definition) is 5. The number of fused-ring (bicyclic) bond motifs is 3. The van der Waals surface area contributed by atoms with Crippen LogP contribution in [-0.4, -0.2) is 23.9 Å². The molecule has 5 nitrogen and oxygen atoms in total. The zero-order valence-electron chi connectivity index (χ0n) is 7.45. The molecule has 1 aromatic carbocycles. The van der Waals surface area contributed by atoms with Gasteiger partial charge in [-0.05, 0) is 12.1 Å². The SMILES string of the molecule is O=S1(=O)C=Nc2ccc3cncnc3c21. The van der Waals surface area contributed by atoms with Gasteiger partial charge < -0.3 is 0 Å². The second-order valence-corrected chi connectivity index (χ2v) is 4.86. The average Bonchev–Trinajstić information content (AvgIpc) is 2.55. The minimum atomic E-state index is -3.41. The molecule has 0 spiro atoms. The smallest absolute Gasteiger partial charge is 0.221 e. The van der Waals surface area contributed by atoms with E-state index in [4.69, 9.17) is 0 Å². The van der Waals surface area contributed by atoms with Crippen LogP contribution >= 0.6 is 0 Å². The van der Waals surface area contributed by atoms with E-state index in [1.807, 2.05) is 0 Å². The first kappa shape index (κ1) is 8.49. The highest BCUT2D eigenvalue weighted by molar-refractivity contribution is 8.05. The molecule has 6 heteroatoms. The van der Waals surface area contributed by atoms with Crippen molar-refractivity contribution in [2.75, 3.05) is 0 Å². The van der Waals surface area contributed by atoms with E-state index in [-0.39, 0.29) is 4.90 Å². The minimum Gasteiger partial charge on any atom is -0.244 e. The van der Waals surface area contributed by atoms with E-state index in [9.17, 15) is 8.42 Å². The third kappa shape index (κ3) is 1.08. The number of nitrogens with zero attached hydrogens (tertiary/aromatic N) is 3. The van der Waals surface area contributed by atoms with Crippen molar-refractivity contribution in [3.8, 4) is 0 Å². The van der Waals surface area contributed by atoms with Crippen LogP contribution < -0.4 is 0 Å². The van der Waals surface area contributed by atoms with Crippen molar-refractivity contribution in [2.24, 2.45) is 4.99 Å². The van der Waals surface area contributed by atoms with Crippen molar-refractivity contribution in [1.29, 1.82) is 0 Å². The summed E-state index contributed by atoms with van der Waals surface area (Å²) in [6.45, 7) is 0. The molecule has 3 rings (SSSR count). The standard InChI is InChI=1S/C9H5N3O2S/c13-15(14)5-12-7-2-1-6-3-10-4-11-8(6)9(7)15/h1-5H. The molecule has 2 heterocycles. The van der Waals surface area contributed by atoms with Gasteiger partial charge in [0.1, 0.15) is 16.8 Å². The Bertz CT molecular complexity index is 692. The van der Waals surface area contributed by atoms with E-state index >= 15 is 0 Å². The maximum Gasteiger partial charge on any atom is 0.221 e. The zero-order chi connectivity index (χ0) is 10.5. The van der Waals surface area contributed by atoms with Crippen LogP contribution in [0.15, 0.2) is 34.5 Å². The molecule has 0 bridgehead atoms. The lowest BCUT2D eigenvalue weighted by molar-refractivity contribution is 0.610. The quantitative estimate of drug-likeness (QED) is 0.664. The van der Waals surface area contributed by atoms with Gasteiger partial charge in [-0.3, -0.25) is 0 Å². The van der Waals surface area contributed by atoms with E-state index in [0.29, 0.717) is 16.6 Å². The summed E-state index contributed by atoms with van der Waals surface area (Å²) in [6.07, 6.45) is 2.91. The van der Waals surface area contributed by atoms with E-state index < -0.39 is 9.84 Å². The monoisotopic (exact) mass is 219 g/mol. The molecule has 2 aromatic rings. The summed E-state index contributed by atoms with van der Waals surface area (Å²) < 4.78 is 23.3. The van der Waals surface area contributed by atoms with Crippen molar-refractivity contribution in [1.82, 2.24) is 9.97 Å². The largest absolute Gasteiger partial charge is 0.244 e. The zero-order valence-corrected chi connectivity index (χ0v) is 8.27. The predicted molar refractivity (Wildman–Crippen MR) is 54.9 cm³/mol. The number of benzene rings is 1. The number of hydrogen-bond donors (Lipinski definition) is 0. The predicted octanol–water partition coefficient (Wildman–Crippen LogP) is 1.08. The molecule has 0 N–H and O–H groups in total. The van der Waals surface area contributed by atoms with Crippen LogP contribution in [0.25, 0.3) is 10.9 Å². The fourth-order valence-corrected chi connectivity index (χ4v) is 2.79. The van der Waals surface area contributed by atoms with Crippen LogP contribution in [0.4, 0.5) is 5.69 Å². The Labute approximate surface area is 85.4 Å². The third-order valence-electron chi connectivity index (χ3n) is 2.22. The summed E-state index contributed by atoms with van der Waals surface area (Å²) in [4.78, 5) is 11.8. The highest BCUT2D eigenvalue weighted by Crippen LogP contribution is 2.34. The van der Waals surface area contributed by atoms with E-state index in [1.165, 1.54) is 6.33 Å². The summed E-state index contributed by atoms with van der Waals surface area (Å²) in [7, 11) is -3.41. The van der Waals surface area contributed by atoms with Crippen LogP contribution in [0.5, 0.6) is 0 Å². The van der Waals surface area contributed by atoms with Gasteiger partial charge in [-0.1, -0.05) is 0 Å². The van der Waals surface area contributed by atoms with Gasteiger partial charge in [-0.2, -0.15) is 0 Å². The van der Waals surface area contributed by atoms with Gasteiger partial charge in [0.25, 0.3) is 0 Å². The lowest BCUT2D eigenvalue weighted by Crippen LogP contribution is -1.98. The summed E-state index contributed by atoms with van der Waals surface area (Å²) in [6, 6.07) is 3.41. The first-order valence-electron chi connectivity index (χ1n) is 4.20. The van der Waals surface area contributed by atoms with Crippen molar-refractivity contribution in [3.05, 3.63) is 24.7 Å². The molecule has 0 aliphatic carbocycles. The molecule has 0 radical (unpaired) electrons. The Morgan fingerprint density at radius 3 is 2.93 bits per heavy atom. The Kier molecular flexibility index (Phi) is 1.47. The van der Waals surface area contributed by atoms with Gasteiger partial charge in [0.05, 0.1) is 11.2 Å². The van der Waals surface area contributed by atoms with E-state index in [2.05, 4.69) is 15.0 Å². The maximum absolute atomic E-state index is 11.7. The van der Waals surface area contributed by atoms with Gasteiger partial charge >= 0.3 is 0 Å². The fraction of sp³-hybridized carbons (Fsp3) is 0. The lowest BCUT2D eigenvalue weighted by atomic mass is 10.2. The Morgan fingerprint density at radius 1 is 1.20 bits per heavy atom. The number of aromatic nitrogens is 2. The van der Waals surface area contributed by atoms with Gasteiger partial charge in [-0.25, -0.2) is 23.4 Å². The van der Waals surface area contributed by atoms with Crippen molar-refractivity contribution >= 4 is 32.0 Å². The topological polar surface area (TPSA) is 72.3 Å². The van der Waals surface area contributed by atoms with Gasteiger partial charge in [-0.15, -0.1) is 0 Å². The molecule has 1 aliphatic rings. The van der Waals surface area contributed by atoms with E-state index in [0.717, 1.165) is 5.55 Å². The minimum absolute atomic E-state index is 0.183. The number of aliphatic imine (C=N–C) groups is 1. The van der Waals surface area contributed by atoms with Gasteiger partial charge in [0.15, 0.2) is 0 Å². The van der Waals surface area contributed by atoms with Crippen LogP contribution in [0, 0.1) is 0 Å². The van der Waals surface area contributed by atoms with Crippen LogP contribution in [0.2, 0.25) is 0 Å². The molecule has 0 saturated heterocycles. The first-order valence-corrected chi connectivity index (χ1v) is 5.75. The van der Waals surface area contributed by atoms with Crippen LogP contribution in [0.3, 0.4) is 0 Å². The molecule has 1 aliphatic heterocycles. The highest BCUT2D eigenvalue weighted by Gasteiger charge is 2.25. The second-order valence-electron chi connectivity index (χ2n) is 3.15. The molecule has 0 unspecified atom stereocenters. The van der Waals surface area contributed by atoms with Crippen LogP contribution in [0.1, 0.15) is 0 Å². The lowest BCUT2D eigenvalue weighted by Gasteiger charge is -2.00. The Balaban J connectivity index is 2.57. The van der Waals surface area contributed by atoms with Gasteiger partial charge in [0.2, 0.25) is 9.84 Å². The maximum atomic E-state index is 11.7. The molecule has 15 heavy (non-hydrogen) atoms.